The van der Waals surface area contributed by atoms with E-state index in [4.69, 9.17) is 0 Å². The SMILES string of the molecule is CCc1nn(C)c(NCC2CCC(C)C2)c1[N+](=O)[O-]. The van der Waals surface area contributed by atoms with Gasteiger partial charge in [-0.15, -0.1) is 0 Å². The molecule has 2 rings (SSSR count). The van der Waals surface area contributed by atoms with Crippen molar-refractivity contribution in [2.75, 3.05) is 11.9 Å². The van der Waals surface area contributed by atoms with E-state index in [1.54, 1.807) is 11.7 Å². The molecule has 1 saturated carbocycles. The van der Waals surface area contributed by atoms with Crippen LogP contribution in [0.15, 0.2) is 0 Å². The van der Waals surface area contributed by atoms with E-state index in [0.717, 1.165) is 12.5 Å². The van der Waals surface area contributed by atoms with Crippen LogP contribution in [0.3, 0.4) is 0 Å². The molecule has 0 aliphatic heterocycles. The van der Waals surface area contributed by atoms with Gasteiger partial charge in [-0.2, -0.15) is 5.10 Å². The smallest absolute Gasteiger partial charge is 0.333 e. The van der Waals surface area contributed by atoms with E-state index in [1.807, 2.05) is 6.92 Å². The molecule has 1 N–H and O–H groups in total. The van der Waals surface area contributed by atoms with Crippen molar-refractivity contribution < 1.29 is 4.92 Å². The first-order valence-corrected chi connectivity index (χ1v) is 6.97. The molecule has 1 heterocycles. The predicted octanol–water partition coefficient (Wildman–Crippen LogP) is 2.74. The topological polar surface area (TPSA) is 73.0 Å². The molecule has 2 unspecified atom stereocenters. The van der Waals surface area contributed by atoms with E-state index in [1.165, 1.54) is 19.3 Å². The summed E-state index contributed by atoms with van der Waals surface area (Å²) in [6, 6.07) is 0. The van der Waals surface area contributed by atoms with Gasteiger partial charge >= 0.3 is 5.69 Å². The van der Waals surface area contributed by atoms with Crippen molar-refractivity contribution >= 4 is 11.5 Å². The van der Waals surface area contributed by atoms with E-state index in [2.05, 4.69) is 17.3 Å². The second-order valence-corrected chi connectivity index (χ2v) is 5.54. The van der Waals surface area contributed by atoms with Crippen molar-refractivity contribution in [3.05, 3.63) is 15.8 Å². The maximum atomic E-state index is 11.2. The highest BCUT2D eigenvalue weighted by Crippen LogP contribution is 2.32. The number of aromatic nitrogens is 2. The predicted molar refractivity (Wildman–Crippen MR) is 74.2 cm³/mol. The number of nitrogens with zero attached hydrogens (tertiary/aromatic N) is 3. The minimum atomic E-state index is -0.328. The average molecular weight is 266 g/mol. The second-order valence-electron chi connectivity index (χ2n) is 5.54. The lowest BCUT2D eigenvalue weighted by Gasteiger charge is -2.11. The van der Waals surface area contributed by atoms with Crippen LogP contribution in [0.2, 0.25) is 0 Å². The minimum Gasteiger partial charge on any atom is -0.364 e. The van der Waals surface area contributed by atoms with Gasteiger partial charge in [-0.3, -0.25) is 10.1 Å². The maximum absolute atomic E-state index is 11.2. The Balaban J connectivity index is 2.11. The van der Waals surface area contributed by atoms with Crippen molar-refractivity contribution in [3.8, 4) is 0 Å². The molecule has 0 amide bonds. The lowest BCUT2D eigenvalue weighted by atomic mass is 10.1. The zero-order chi connectivity index (χ0) is 14.0. The fourth-order valence-corrected chi connectivity index (χ4v) is 2.95. The molecule has 106 valence electrons. The number of hydrogen-bond acceptors (Lipinski definition) is 4. The third-order valence-corrected chi connectivity index (χ3v) is 3.97. The Kier molecular flexibility index (Phi) is 4.07. The number of nitro groups is 1. The van der Waals surface area contributed by atoms with Crippen LogP contribution in [0.1, 0.15) is 38.8 Å². The van der Waals surface area contributed by atoms with Crippen molar-refractivity contribution in [2.24, 2.45) is 18.9 Å². The van der Waals surface area contributed by atoms with Crippen LogP contribution >= 0.6 is 0 Å². The monoisotopic (exact) mass is 266 g/mol. The summed E-state index contributed by atoms with van der Waals surface area (Å²) >= 11 is 0. The van der Waals surface area contributed by atoms with Crippen molar-refractivity contribution in [1.29, 1.82) is 0 Å². The summed E-state index contributed by atoms with van der Waals surface area (Å²) in [7, 11) is 1.76. The first-order chi connectivity index (χ1) is 9.02. The number of rotatable bonds is 5. The molecule has 1 aliphatic rings. The lowest BCUT2D eigenvalue weighted by molar-refractivity contribution is -0.384. The Morgan fingerprint density at radius 2 is 2.26 bits per heavy atom. The molecule has 6 heteroatoms. The van der Waals surface area contributed by atoms with Crippen molar-refractivity contribution in [3.63, 3.8) is 0 Å². The summed E-state index contributed by atoms with van der Waals surface area (Å²) in [6.45, 7) is 4.95. The van der Waals surface area contributed by atoms with E-state index in [0.29, 0.717) is 23.9 Å². The van der Waals surface area contributed by atoms with Crippen LogP contribution in [0.5, 0.6) is 0 Å². The zero-order valence-electron chi connectivity index (χ0n) is 11.8. The standard InChI is InChI=1S/C13H22N4O2/c1-4-11-12(17(18)19)13(16(3)15-11)14-8-10-6-5-9(2)7-10/h9-10,14H,4-8H2,1-3H3. The molecule has 2 atom stereocenters. The molecule has 1 fully saturated rings. The Morgan fingerprint density at radius 3 is 2.79 bits per heavy atom. The van der Waals surface area contributed by atoms with Gasteiger partial charge in [0.05, 0.1) is 4.92 Å². The van der Waals surface area contributed by atoms with Gasteiger partial charge in [0.1, 0.15) is 5.69 Å². The summed E-state index contributed by atoms with van der Waals surface area (Å²) in [5.74, 6) is 1.94. The van der Waals surface area contributed by atoms with Crippen LogP contribution < -0.4 is 5.32 Å². The van der Waals surface area contributed by atoms with Gasteiger partial charge in [-0.05, 0) is 31.1 Å². The quantitative estimate of drug-likeness (QED) is 0.657. The second kappa shape index (κ2) is 5.59. The van der Waals surface area contributed by atoms with E-state index in [9.17, 15) is 10.1 Å². The van der Waals surface area contributed by atoms with Gasteiger partial charge in [0.15, 0.2) is 0 Å². The first-order valence-electron chi connectivity index (χ1n) is 6.97. The Labute approximate surface area is 113 Å². The van der Waals surface area contributed by atoms with Crippen molar-refractivity contribution in [2.45, 2.75) is 39.5 Å². The van der Waals surface area contributed by atoms with Gasteiger partial charge in [0.2, 0.25) is 5.82 Å². The minimum absolute atomic E-state index is 0.135. The Bertz CT molecular complexity index is 469. The summed E-state index contributed by atoms with van der Waals surface area (Å²) in [5, 5.41) is 18.6. The van der Waals surface area contributed by atoms with Crippen LogP contribution in [-0.4, -0.2) is 21.2 Å². The van der Waals surface area contributed by atoms with Crippen LogP contribution in [0, 0.1) is 22.0 Å². The normalized spacial score (nSPS) is 22.7. The number of hydrogen-bond donors (Lipinski definition) is 1. The molecule has 1 aliphatic carbocycles. The highest BCUT2D eigenvalue weighted by Gasteiger charge is 2.27. The maximum Gasteiger partial charge on any atom is 0.333 e. The van der Waals surface area contributed by atoms with E-state index in [-0.39, 0.29) is 10.6 Å². The molecule has 19 heavy (non-hydrogen) atoms. The van der Waals surface area contributed by atoms with Crippen LogP contribution in [-0.2, 0) is 13.5 Å². The molecule has 0 radical (unpaired) electrons. The summed E-state index contributed by atoms with van der Waals surface area (Å²) < 4.78 is 1.59. The molecule has 0 saturated heterocycles. The van der Waals surface area contributed by atoms with Gasteiger partial charge in [-0.1, -0.05) is 20.3 Å². The van der Waals surface area contributed by atoms with Crippen LogP contribution in [0.25, 0.3) is 0 Å². The number of nitrogens with one attached hydrogen (secondary N) is 1. The van der Waals surface area contributed by atoms with Crippen LogP contribution in [0.4, 0.5) is 11.5 Å². The van der Waals surface area contributed by atoms with Gasteiger partial charge < -0.3 is 5.32 Å². The fourth-order valence-electron chi connectivity index (χ4n) is 2.95. The van der Waals surface area contributed by atoms with Gasteiger partial charge in [-0.25, -0.2) is 4.68 Å². The fraction of sp³-hybridized carbons (Fsp3) is 0.769. The number of anilines is 1. The summed E-state index contributed by atoms with van der Waals surface area (Å²) in [5.41, 5.74) is 0.686. The third kappa shape index (κ3) is 2.88. The molecular weight excluding hydrogens is 244 g/mol. The summed E-state index contributed by atoms with van der Waals surface area (Å²) in [6.07, 6.45) is 4.26. The highest BCUT2D eigenvalue weighted by atomic mass is 16.6. The Hall–Kier alpha value is -1.59. The molecule has 0 bridgehead atoms. The molecule has 0 aromatic carbocycles. The van der Waals surface area contributed by atoms with Gasteiger partial charge in [0, 0.05) is 13.6 Å². The van der Waals surface area contributed by atoms with E-state index >= 15 is 0 Å². The molecule has 1 aromatic rings. The summed E-state index contributed by atoms with van der Waals surface area (Å²) in [4.78, 5) is 10.8. The molecule has 0 spiro atoms. The lowest BCUT2D eigenvalue weighted by Crippen LogP contribution is -2.14. The van der Waals surface area contributed by atoms with Crippen molar-refractivity contribution in [1.82, 2.24) is 9.78 Å². The first kappa shape index (κ1) is 13.8. The Morgan fingerprint density at radius 1 is 1.53 bits per heavy atom. The average Bonchev–Trinajstić information content (AvgIpc) is 2.90. The molecular formula is C13H22N4O2. The number of aryl methyl sites for hydroxylation is 2. The van der Waals surface area contributed by atoms with E-state index < -0.39 is 0 Å². The largest absolute Gasteiger partial charge is 0.364 e. The molecule has 6 nitrogen and oxygen atoms in total. The molecule has 1 aromatic heterocycles. The third-order valence-electron chi connectivity index (χ3n) is 3.97. The van der Waals surface area contributed by atoms with Gasteiger partial charge in [0.25, 0.3) is 0 Å². The zero-order valence-corrected chi connectivity index (χ0v) is 11.8. The highest BCUT2D eigenvalue weighted by molar-refractivity contribution is 5.59.